The van der Waals surface area contributed by atoms with Crippen molar-refractivity contribution in [2.24, 2.45) is 11.7 Å². The summed E-state index contributed by atoms with van der Waals surface area (Å²) < 4.78 is 0. The molecule has 10 heavy (non-hydrogen) atoms. The Morgan fingerprint density at radius 1 is 1.60 bits per heavy atom. The van der Waals surface area contributed by atoms with Crippen molar-refractivity contribution < 1.29 is 5.11 Å². The molecule has 0 aliphatic carbocycles. The number of aliphatic hydroxyl groups is 1. The van der Waals surface area contributed by atoms with Gasteiger partial charge in [0.2, 0.25) is 0 Å². The van der Waals surface area contributed by atoms with Gasteiger partial charge in [-0.05, 0) is 6.54 Å². The summed E-state index contributed by atoms with van der Waals surface area (Å²) in [5.41, 5.74) is 5.75. The van der Waals surface area contributed by atoms with Gasteiger partial charge in [0.1, 0.15) is 0 Å². The van der Waals surface area contributed by atoms with E-state index >= 15 is 0 Å². The summed E-state index contributed by atoms with van der Waals surface area (Å²) in [6.07, 6.45) is 0. The number of likely N-dealkylation sites (tertiary alicyclic amines) is 1. The van der Waals surface area contributed by atoms with Crippen LogP contribution >= 0.6 is 0 Å². The first-order valence-corrected chi connectivity index (χ1v) is 3.86. The lowest BCUT2D eigenvalue weighted by molar-refractivity contribution is 0.217. The molecule has 0 spiro atoms. The molecule has 1 aliphatic heterocycles. The fraction of sp³-hybridized carbons (Fsp3) is 1.00. The van der Waals surface area contributed by atoms with Crippen LogP contribution in [0.3, 0.4) is 0 Å². The highest BCUT2D eigenvalue weighted by Gasteiger charge is 2.27. The minimum Gasteiger partial charge on any atom is -0.396 e. The van der Waals surface area contributed by atoms with Gasteiger partial charge < -0.3 is 15.7 Å². The summed E-state index contributed by atoms with van der Waals surface area (Å²) in [6.45, 7) is 5.31. The SMILES string of the molecule is CCN1CC(N)C(CO)C1. The lowest BCUT2D eigenvalue weighted by atomic mass is 10.1. The molecule has 1 fully saturated rings. The molecule has 0 aromatic carbocycles. The Morgan fingerprint density at radius 3 is 2.60 bits per heavy atom. The van der Waals surface area contributed by atoms with Crippen LogP contribution in [0.15, 0.2) is 0 Å². The zero-order valence-corrected chi connectivity index (χ0v) is 6.45. The van der Waals surface area contributed by atoms with Gasteiger partial charge in [-0.3, -0.25) is 0 Å². The lowest BCUT2D eigenvalue weighted by Gasteiger charge is -2.10. The highest BCUT2D eigenvalue weighted by Crippen LogP contribution is 2.13. The van der Waals surface area contributed by atoms with E-state index in [0.717, 1.165) is 19.6 Å². The third-order valence-corrected chi connectivity index (χ3v) is 2.25. The van der Waals surface area contributed by atoms with Crippen molar-refractivity contribution in [3.8, 4) is 0 Å². The molecule has 1 heterocycles. The number of hydrogen-bond donors (Lipinski definition) is 2. The highest BCUT2D eigenvalue weighted by atomic mass is 16.3. The summed E-state index contributed by atoms with van der Waals surface area (Å²) in [5.74, 6) is 0.306. The van der Waals surface area contributed by atoms with Gasteiger partial charge in [0, 0.05) is 31.7 Å². The van der Waals surface area contributed by atoms with Crippen molar-refractivity contribution in [3.05, 3.63) is 0 Å². The molecule has 1 aliphatic rings. The molecule has 60 valence electrons. The second-order valence-electron chi connectivity index (χ2n) is 2.96. The van der Waals surface area contributed by atoms with Crippen LogP contribution in [0.2, 0.25) is 0 Å². The quantitative estimate of drug-likeness (QED) is 0.536. The van der Waals surface area contributed by atoms with Gasteiger partial charge in [-0.1, -0.05) is 6.92 Å². The summed E-state index contributed by atoms with van der Waals surface area (Å²) in [7, 11) is 0. The number of nitrogens with zero attached hydrogens (tertiary/aromatic N) is 1. The average Bonchev–Trinajstić information content (AvgIpc) is 2.30. The van der Waals surface area contributed by atoms with Gasteiger partial charge in [-0.2, -0.15) is 0 Å². The Morgan fingerprint density at radius 2 is 2.30 bits per heavy atom. The minimum absolute atomic E-state index is 0.185. The molecule has 0 aromatic heterocycles. The fourth-order valence-electron chi connectivity index (χ4n) is 1.44. The number of rotatable bonds is 2. The molecule has 0 radical (unpaired) electrons. The van der Waals surface area contributed by atoms with Crippen LogP contribution < -0.4 is 5.73 Å². The minimum atomic E-state index is 0.185. The maximum atomic E-state index is 8.84. The standard InChI is InChI=1S/C7H16N2O/c1-2-9-3-6(5-10)7(8)4-9/h6-7,10H,2-5,8H2,1H3. The third kappa shape index (κ3) is 1.48. The molecular weight excluding hydrogens is 128 g/mol. The maximum absolute atomic E-state index is 8.84. The van der Waals surface area contributed by atoms with Crippen LogP contribution in [-0.4, -0.2) is 42.3 Å². The van der Waals surface area contributed by atoms with Crippen LogP contribution in [0, 0.1) is 5.92 Å². The molecule has 1 rings (SSSR count). The van der Waals surface area contributed by atoms with Crippen molar-refractivity contribution in [1.29, 1.82) is 0 Å². The van der Waals surface area contributed by atoms with E-state index in [2.05, 4.69) is 11.8 Å². The summed E-state index contributed by atoms with van der Waals surface area (Å²) in [5, 5.41) is 8.84. The van der Waals surface area contributed by atoms with E-state index in [0.29, 0.717) is 5.92 Å². The zero-order chi connectivity index (χ0) is 7.56. The molecule has 3 N–H and O–H groups in total. The van der Waals surface area contributed by atoms with Crippen molar-refractivity contribution in [1.82, 2.24) is 4.90 Å². The molecule has 3 heteroatoms. The molecule has 2 unspecified atom stereocenters. The topological polar surface area (TPSA) is 49.5 Å². The molecule has 2 atom stereocenters. The van der Waals surface area contributed by atoms with Gasteiger partial charge in [0.05, 0.1) is 0 Å². The smallest absolute Gasteiger partial charge is 0.0486 e. The number of aliphatic hydroxyl groups excluding tert-OH is 1. The zero-order valence-electron chi connectivity index (χ0n) is 6.45. The van der Waals surface area contributed by atoms with E-state index in [9.17, 15) is 0 Å². The first-order chi connectivity index (χ1) is 4.77. The number of hydrogen-bond acceptors (Lipinski definition) is 3. The molecular formula is C7H16N2O. The van der Waals surface area contributed by atoms with Crippen molar-refractivity contribution in [2.75, 3.05) is 26.2 Å². The number of likely N-dealkylation sites (N-methyl/N-ethyl adjacent to an activating group) is 1. The predicted octanol–water partition coefficient (Wildman–Crippen LogP) is -0.742. The van der Waals surface area contributed by atoms with Crippen LogP contribution in [0.25, 0.3) is 0 Å². The Bertz CT molecular complexity index is 108. The van der Waals surface area contributed by atoms with E-state index in [1.54, 1.807) is 0 Å². The molecule has 0 aromatic rings. The lowest BCUT2D eigenvalue weighted by Crippen LogP contribution is -2.31. The monoisotopic (exact) mass is 144 g/mol. The fourth-order valence-corrected chi connectivity index (χ4v) is 1.44. The van der Waals surface area contributed by atoms with Gasteiger partial charge in [-0.25, -0.2) is 0 Å². The van der Waals surface area contributed by atoms with Crippen molar-refractivity contribution >= 4 is 0 Å². The van der Waals surface area contributed by atoms with Crippen LogP contribution in [0.5, 0.6) is 0 Å². The largest absolute Gasteiger partial charge is 0.396 e. The first-order valence-electron chi connectivity index (χ1n) is 3.86. The highest BCUT2D eigenvalue weighted by molar-refractivity contribution is 4.85. The van der Waals surface area contributed by atoms with Gasteiger partial charge in [0.25, 0.3) is 0 Å². The average molecular weight is 144 g/mol. The van der Waals surface area contributed by atoms with Crippen molar-refractivity contribution in [2.45, 2.75) is 13.0 Å². The van der Waals surface area contributed by atoms with Crippen LogP contribution in [0.4, 0.5) is 0 Å². The Hall–Kier alpha value is -0.120. The van der Waals surface area contributed by atoms with E-state index in [4.69, 9.17) is 10.8 Å². The van der Waals surface area contributed by atoms with Crippen LogP contribution in [-0.2, 0) is 0 Å². The Kier molecular flexibility index (Phi) is 2.65. The Labute approximate surface area is 61.8 Å². The second-order valence-corrected chi connectivity index (χ2v) is 2.96. The summed E-state index contributed by atoms with van der Waals surface area (Å²) in [6, 6.07) is 0.185. The molecule has 0 amide bonds. The number of nitrogens with two attached hydrogens (primary N) is 1. The molecule has 1 saturated heterocycles. The maximum Gasteiger partial charge on any atom is 0.0486 e. The van der Waals surface area contributed by atoms with Gasteiger partial charge in [0.15, 0.2) is 0 Å². The van der Waals surface area contributed by atoms with E-state index in [1.807, 2.05) is 0 Å². The van der Waals surface area contributed by atoms with Gasteiger partial charge in [-0.15, -0.1) is 0 Å². The predicted molar refractivity (Wildman–Crippen MR) is 40.7 cm³/mol. The molecule has 0 bridgehead atoms. The van der Waals surface area contributed by atoms with E-state index in [1.165, 1.54) is 0 Å². The van der Waals surface area contributed by atoms with E-state index in [-0.39, 0.29) is 12.6 Å². The van der Waals surface area contributed by atoms with Gasteiger partial charge >= 0.3 is 0 Å². The molecule has 3 nitrogen and oxygen atoms in total. The Balaban J connectivity index is 2.36. The molecule has 0 saturated carbocycles. The summed E-state index contributed by atoms with van der Waals surface area (Å²) in [4.78, 5) is 2.27. The van der Waals surface area contributed by atoms with E-state index < -0.39 is 0 Å². The summed E-state index contributed by atoms with van der Waals surface area (Å²) >= 11 is 0. The third-order valence-electron chi connectivity index (χ3n) is 2.25. The van der Waals surface area contributed by atoms with Crippen molar-refractivity contribution in [3.63, 3.8) is 0 Å². The normalized spacial score (nSPS) is 35.1. The second kappa shape index (κ2) is 3.32. The van der Waals surface area contributed by atoms with Crippen LogP contribution in [0.1, 0.15) is 6.92 Å². The first kappa shape index (κ1) is 7.98.